The predicted molar refractivity (Wildman–Crippen MR) is 66.7 cm³/mol. The topological polar surface area (TPSA) is 29.5 Å². The highest BCUT2D eigenvalue weighted by Crippen LogP contribution is 2.29. The summed E-state index contributed by atoms with van der Waals surface area (Å²) in [4.78, 5) is 0. The fourth-order valence-electron chi connectivity index (χ4n) is 1.98. The Morgan fingerprint density at radius 1 is 1.12 bits per heavy atom. The van der Waals surface area contributed by atoms with Crippen molar-refractivity contribution in [3.63, 3.8) is 0 Å². The van der Waals surface area contributed by atoms with Crippen molar-refractivity contribution in [3.05, 3.63) is 34.4 Å². The molecule has 1 unspecified atom stereocenters. The summed E-state index contributed by atoms with van der Waals surface area (Å²) in [5, 5.41) is 10.4. The molecule has 1 atom stereocenters. The van der Waals surface area contributed by atoms with Gasteiger partial charge in [0.15, 0.2) is 0 Å². The van der Waals surface area contributed by atoms with Crippen LogP contribution in [0.15, 0.2) is 12.1 Å². The summed E-state index contributed by atoms with van der Waals surface area (Å²) in [5.41, 5.74) is 3.83. The summed E-state index contributed by atoms with van der Waals surface area (Å²) in [6.07, 6.45) is 0.618. The van der Waals surface area contributed by atoms with Crippen molar-refractivity contribution in [1.29, 1.82) is 0 Å². The van der Waals surface area contributed by atoms with E-state index in [1.807, 2.05) is 13.8 Å². The molecule has 0 amide bonds. The Morgan fingerprint density at radius 2 is 1.69 bits per heavy atom. The van der Waals surface area contributed by atoms with Crippen molar-refractivity contribution in [1.82, 2.24) is 0 Å². The fourth-order valence-corrected chi connectivity index (χ4v) is 1.98. The summed E-state index contributed by atoms with van der Waals surface area (Å²) < 4.78 is 5.03. The maximum Gasteiger partial charge on any atom is 0.0893 e. The molecule has 0 fully saturated rings. The highest BCUT2D eigenvalue weighted by molar-refractivity contribution is 5.39. The number of benzene rings is 1. The second kappa shape index (κ2) is 4.98. The minimum Gasteiger partial charge on any atom is -0.385 e. The summed E-state index contributed by atoms with van der Waals surface area (Å²) >= 11 is 0. The number of hydrogen-bond acceptors (Lipinski definition) is 2. The van der Waals surface area contributed by atoms with Gasteiger partial charge in [0, 0.05) is 20.1 Å². The van der Waals surface area contributed by atoms with Crippen molar-refractivity contribution in [2.45, 2.75) is 39.7 Å². The van der Waals surface area contributed by atoms with E-state index in [2.05, 4.69) is 26.0 Å². The van der Waals surface area contributed by atoms with E-state index in [9.17, 15) is 5.11 Å². The predicted octanol–water partition coefficient (Wildman–Crippen LogP) is 2.86. The third kappa shape index (κ3) is 2.83. The van der Waals surface area contributed by atoms with Gasteiger partial charge in [-0.15, -0.1) is 0 Å². The van der Waals surface area contributed by atoms with Crippen LogP contribution in [0.3, 0.4) is 0 Å². The van der Waals surface area contributed by atoms with E-state index in [4.69, 9.17) is 4.74 Å². The van der Waals surface area contributed by atoms with Crippen LogP contribution in [0.25, 0.3) is 0 Å². The standard InChI is InChI=1S/C14H22O2/c1-10-8-12(3)13(9-11(10)2)14(4,15)6-7-16-5/h8-9,15H,6-7H2,1-5H3. The molecule has 16 heavy (non-hydrogen) atoms. The van der Waals surface area contributed by atoms with Gasteiger partial charge in [0.25, 0.3) is 0 Å². The monoisotopic (exact) mass is 222 g/mol. The van der Waals surface area contributed by atoms with Gasteiger partial charge in [0.1, 0.15) is 0 Å². The Kier molecular flexibility index (Phi) is 4.11. The van der Waals surface area contributed by atoms with Crippen molar-refractivity contribution in [3.8, 4) is 0 Å². The van der Waals surface area contributed by atoms with Crippen molar-refractivity contribution in [2.24, 2.45) is 0 Å². The van der Waals surface area contributed by atoms with E-state index in [1.165, 1.54) is 11.1 Å². The van der Waals surface area contributed by atoms with Crippen LogP contribution in [-0.2, 0) is 10.3 Å². The lowest BCUT2D eigenvalue weighted by molar-refractivity contribution is 0.0205. The quantitative estimate of drug-likeness (QED) is 0.849. The molecule has 1 aromatic rings. The zero-order chi connectivity index (χ0) is 12.3. The second-order valence-electron chi connectivity index (χ2n) is 4.77. The van der Waals surface area contributed by atoms with Gasteiger partial charge in [-0.2, -0.15) is 0 Å². The molecule has 0 saturated heterocycles. The van der Waals surface area contributed by atoms with E-state index in [0.29, 0.717) is 13.0 Å². The molecule has 0 heterocycles. The largest absolute Gasteiger partial charge is 0.385 e. The van der Waals surface area contributed by atoms with Gasteiger partial charge < -0.3 is 9.84 Å². The molecule has 2 nitrogen and oxygen atoms in total. The van der Waals surface area contributed by atoms with E-state index < -0.39 is 5.60 Å². The van der Waals surface area contributed by atoms with Crippen LogP contribution in [0, 0.1) is 20.8 Å². The molecule has 90 valence electrons. The Hall–Kier alpha value is -0.860. The highest BCUT2D eigenvalue weighted by Gasteiger charge is 2.24. The SMILES string of the molecule is COCCC(C)(O)c1cc(C)c(C)cc1C. The Morgan fingerprint density at radius 3 is 2.25 bits per heavy atom. The molecule has 0 aliphatic rings. The van der Waals surface area contributed by atoms with E-state index in [1.54, 1.807) is 7.11 Å². The van der Waals surface area contributed by atoms with Crippen LogP contribution in [0.1, 0.15) is 35.6 Å². The lowest BCUT2D eigenvalue weighted by atomic mass is 9.87. The lowest BCUT2D eigenvalue weighted by Gasteiger charge is -2.26. The van der Waals surface area contributed by atoms with E-state index >= 15 is 0 Å². The first kappa shape index (κ1) is 13.2. The molecule has 1 N–H and O–H groups in total. The van der Waals surface area contributed by atoms with Crippen LogP contribution >= 0.6 is 0 Å². The number of aliphatic hydroxyl groups is 1. The number of rotatable bonds is 4. The molecule has 1 rings (SSSR count). The molecule has 0 saturated carbocycles. The molecular weight excluding hydrogens is 200 g/mol. The van der Waals surface area contributed by atoms with Crippen LogP contribution in [0.2, 0.25) is 0 Å². The fraction of sp³-hybridized carbons (Fsp3) is 0.571. The number of methoxy groups -OCH3 is 1. The first-order valence-corrected chi connectivity index (χ1v) is 5.68. The van der Waals surface area contributed by atoms with E-state index in [-0.39, 0.29) is 0 Å². The smallest absolute Gasteiger partial charge is 0.0893 e. The maximum absolute atomic E-state index is 10.4. The van der Waals surface area contributed by atoms with Gasteiger partial charge in [-0.1, -0.05) is 12.1 Å². The molecule has 2 heteroatoms. The minimum absolute atomic E-state index is 0.569. The zero-order valence-corrected chi connectivity index (χ0v) is 10.9. The molecule has 0 spiro atoms. The van der Waals surface area contributed by atoms with Gasteiger partial charge in [-0.3, -0.25) is 0 Å². The van der Waals surface area contributed by atoms with E-state index in [0.717, 1.165) is 11.1 Å². The molecule has 0 radical (unpaired) electrons. The molecule has 0 aliphatic heterocycles. The molecule has 0 aromatic heterocycles. The van der Waals surface area contributed by atoms with Crippen molar-refractivity contribution >= 4 is 0 Å². The average Bonchev–Trinajstić information content (AvgIpc) is 2.20. The average molecular weight is 222 g/mol. The summed E-state index contributed by atoms with van der Waals surface area (Å²) in [5.74, 6) is 0. The van der Waals surface area contributed by atoms with Crippen LogP contribution in [0.4, 0.5) is 0 Å². The molecule has 0 aliphatic carbocycles. The molecule has 0 bridgehead atoms. The second-order valence-corrected chi connectivity index (χ2v) is 4.77. The Bertz CT molecular complexity index is 367. The van der Waals surface area contributed by atoms with Gasteiger partial charge in [-0.05, 0) is 49.9 Å². The zero-order valence-electron chi connectivity index (χ0n) is 10.9. The first-order chi connectivity index (χ1) is 7.38. The third-order valence-electron chi connectivity index (χ3n) is 3.21. The number of aryl methyl sites for hydroxylation is 3. The summed E-state index contributed by atoms with van der Waals surface area (Å²) in [6, 6.07) is 4.21. The molecular formula is C14H22O2. The lowest BCUT2D eigenvalue weighted by Crippen LogP contribution is -2.24. The van der Waals surface area contributed by atoms with Crippen molar-refractivity contribution < 1.29 is 9.84 Å². The third-order valence-corrected chi connectivity index (χ3v) is 3.21. The van der Waals surface area contributed by atoms with Gasteiger partial charge in [0.05, 0.1) is 5.60 Å². The Balaban J connectivity index is 3.07. The van der Waals surface area contributed by atoms with Crippen LogP contribution in [-0.4, -0.2) is 18.8 Å². The highest BCUT2D eigenvalue weighted by atomic mass is 16.5. The minimum atomic E-state index is -0.807. The normalized spacial score (nSPS) is 14.9. The van der Waals surface area contributed by atoms with Crippen molar-refractivity contribution in [2.75, 3.05) is 13.7 Å². The number of hydrogen-bond donors (Lipinski definition) is 1. The number of ether oxygens (including phenoxy) is 1. The van der Waals surface area contributed by atoms with Gasteiger partial charge in [0.2, 0.25) is 0 Å². The summed E-state index contributed by atoms with van der Waals surface area (Å²) in [6.45, 7) is 8.63. The maximum atomic E-state index is 10.4. The van der Waals surface area contributed by atoms with Gasteiger partial charge in [-0.25, -0.2) is 0 Å². The summed E-state index contributed by atoms with van der Waals surface area (Å²) in [7, 11) is 1.66. The van der Waals surface area contributed by atoms with Crippen LogP contribution in [0.5, 0.6) is 0 Å². The van der Waals surface area contributed by atoms with Gasteiger partial charge >= 0.3 is 0 Å². The Labute approximate surface area is 98.3 Å². The van der Waals surface area contributed by atoms with Crippen LogP contribution < -0.4 is 0 Å². The molecule has 1 aromatic carbocycles. The first-order valence-electron chi connectivity index (χ1n) is 5.68.